The Morgan fingerprint density at radius 2 is 2.27 bits per heavy atom. The van der Waals surface area contributed by atoms with E-state index in [9.17, 15) is 0 Å². The zero-order valence-corrected chi connectivity index (χ0v) is 10.1. The minimum absolute atomic E-state index is 0.287. The minimum atomic E-state index is 0.287. The number of amidine groups is 1. The molecule has 0 bridgehead atoms. The first-order chi connectivity index (χ1) is 7.22. The molecule has 1 rings (SSSR count). The highest BCUT2D eigenvalue weighted by atomic mass is 32.2. The van der Waals surface area contributed by atoms with Gasteiger partial charge in [0.1, 0.15) is 5.84 Å². The van der Waals surface area contributed by atoms with Gasteiger partial charge in [-0.3, -0.25) is 0 Å². The zero-order chi connectivity index (χ0) is 11.1. The Morgan fingerprint density at radius 1 is 1.60 bits per heavy atom. The van der Waals surface area contributed by atoms with Crippen LogP contribution in [0.4, 0.5) is 0 Å². The molecule has 4 N–H and O–H groups in total. The maximum atomic E-state index is 8.43. The molecule has 0 radical (unpaired) electrons. The summed E-state index contributed by atoms with van der Waals surface area (Å²) in [4.78, 5) is 0. The zero-order valence-electron chi connectivity index (χ0n) is 9.28. The van der Waals surface area contributed by atoms with Crippen molar-refractivity contribution in [1.82, 2.24) is 5.32 Å². The van der Waals surface area contributed by atoms with Crippen molar-refractivity contribution in [3.8, 4) is 0 Å². The lowest BCUT2D eigenvalue weighted by molar-refractivity contribution is 0.315. The van der Waals surface area contributed by atoms with Gasteiger partial charge in [0.05, 0.1) is 0 Å². The predicted molar refractivity (Wildman–Crippen MR) is 65.5 cm³/mol. The molecule has 0 aromatic heterocycles. The SMILES string of the molecule is CC(CC(N)=NO)NCC1CCSCC1. The highest BCUT2D eigenvalue weighted by molar-refractivity contribution is 7.99. The van der Waals surface area contributed by atoms with Gasteiger partial charge < -0.3 is 16.3 Å². The summed E-state index contributed by atoms with van der Waals surface area (Å²) in [6, 6.07) is 0.287. The van der Waals surface area contributed by atoms with Gasteiger partial charge in [-0.05, 0) is 43.7 Å². The monoisotopic (exact) mass is 231 g/mol. The van der Waals surface area contributed by atoms with Crippen molar-refractivity contribution in [3.63, 3.8) is 0 Å². The Labute approximate surface area is 95.7 Å². The lowest BCUT2D eigenvalue weighted by atomic mass is 10.0. The second-order valence-corrected chi connectivity index (χ2v) is 5.39. The average Bonchev–Trinajstić information content (AvgIpc) is 2.27. The summed E-state index contributed by atoms with van der Waals surface area (Å²) in [6.45, 7) is 3.12. The molecule has 88 valence electrons. The number of hydrogen-bond donors (Lipinski definition) is 3. The quantitative estimate of drug-likeness (QED) is 0.288. The van der Waals surface area contributed by atoms with Crippen LogP contribution in [-0.2, 0) is 0 Å². The fourth-order valence-corrected chi connectivity index (χ4v) is 2.95. The molecule has 1 unspecified atom stereocenters. The number of rotatable bonds is 5. The molecule has 0 aromatic rings. The first kappa shape index (κ1) is 12.6. The van der Waals surface area contributed by atoms with Crippen LogP contribution in [0.2, 0.25) is 0 Å². The van der Waals surface area contributed by atoms with Gasteiger partial charge in [-0.1, -0.05) is 5.16 Å². The molecule has 0 amide bonds. The van der Waals surface area contributed by atoms with E-state index in [-0.39, 0.29) is 6.04 Å². The number of nitrogens with one attached hydrogen (secondary N) is 1. The molecule has 1 heterocycles. The van der Waals surface area contributed by atoms with Crippen LogP contribution >= 0.6 is 11.8 Å². The average molecular weight is 231 g/mol. The van der Waals surface area contributed by atoms with Gasteiger partial charge in [0.25, 0.3) is 0 Å². The van der Waals surface area contributed by atoms with Gasteiger partial charge in [-0.2, -0.15) is 11.8 Å². The summed E-state index contributed by atoms with van der Waals surface area (Å²) in [7, 11) is 0. The topological polar surface area (TPSA) is 70.6 Å². The second-order valence-electron chi connectivity index (χ2n) is 4.16. The van der Waals surface area contributed by atoms with Crippen molar-refractivity contribution in [3.05, 3.63) is 0 Å². The minimum Gasteiger partial charge on any atom is -0.409 e. The summed E-state index contributed by atoms with van der Waals surface area (Å²) < 4.78 is 0. The van der Waals surface area contributed by atoms with E-state index in [2.05, 4.69) is 17.4 Å². The van der Waals surface area contributed by atoms with E-state index >= 15 is 0 Å². The van der Waals surface area contributed by atoms with E-state index in [1.165, 1.54) is 24.3 Å². The van der Waals surface area contributed by atoms with Crippen molar-refractivity contribution in [2.24, 2.45) is 16.8 Å². The molecule has 1 saturated heterocycles. The third-order valence-electron chi connectivity index (χ3n) is 2.74. The Kier molecular flexibility index (Phi) is 5.86. The van der Waals surface area contributed by atoms with E-state index < -0.39 is 0 Å². The predicted octanol–water partition coefficient (Wildman–Crippen LogP) is 1.24. The van der Waals surface area contributed by atoms with Crippen LogP contribution in [-0.4, -0.2) is 35.1 Å². The molecule has 15 heavy (non-hydrogen) atoms. The van der Waals surface area contributed by atoms with Gasteiger partial charge in [0, 0.05) is 12.5 Å². The first-order valence-corrected chi connectivity index (χ1v) is 6.65. The van der Waals surface area contributed by atoms with Gasteiger partial charge >= 0.3 is 0 Å². The van der Waals surface area contributed by atoms with E-state index in [4.69, 9.17) is 10.9 Å². The Hall–Kier alpha value is -0.420. The van der Waals surface area contributed by atoms with E-state index in [0.29, 0.717) is 12.3 Å². The molecule has 4 nitrogen and oxygen atoms in total. The highest BCUT2D eigenvalue weighted by Gasteiger charge is 2.14. The highest BCUT2D eigenvalue weighted by Crippen LogP contribution is 2.21. The molecule has 0 saturated carbocycles. The van der Waals surface area contributed by atoms with Crippen LogP contribution < -0.4 is 11.1 Å². The smallest absolute Gasteiger partial charge is 0.140 e. The van der Waals surface area contributed by atoms with Gasteiger partial charge in [0.15, 0.2) is 0 Å². The molecule has 0 spiro atoms. The fourth-order valence-electron chi connectivity index (χ4n) is 1.75. The molecular formula is C10H21N3OS. The molecule has 1 fully saturated rings. The molecule has 0 aromatic carbocycles. The van der Waals surface area contributed by atoms with E-state index in [1.54, 1.807) is 0 Å². The fraction of sp³-hybridized carbons (Fsp3) is 0.900. The van der Waals surface area contributed by atoms with Crippen molar-refractivity contribution >= 4 is 17.6 Å². The van der Waals surface area contributed by atoms with E-state index in [1.807, 2.05) is 11.8 Å². The van der Waals surface area contributed by atoms with Gasteiger partial charge in [0.2, 0.25) is 0 Å². The molecule has 0 aliphatic carbocycles. The largest absolute Gasteiger partial charge is 0.409 e. The Bertz CT molecular complexity index is 205. The Morgan fingerprint density at radius 3 is 2.87 bits per heavy atom. The van der Waals surface area contributed by atoms with E-state index in [0.717, 1.165) is 12.5 Å². The second kappa shape index (κ2) is 6.95. The van der Waals surface area contributed by atoms with Crippen LogP contribution in [0.15, 0.2) is 5.16 Å². The molecule has 1 atom stereocenters. The van der Waals surface area contributed by atoms with Crippen molar-refractivity contribution in [2.75, 3.05) is 18.1 Å². The third-order valence-corrected chi connectivity index (χ3v) is 3.79. The van der Waals surface area contributed by atoms with Crippen molar-refractivity contribution in [2.45, 2.75) is 32.2 Å². The third kappa shape index (κ3) is 5.28. The number of nitrogens with two attached hydrogens (primary N) is 1. The number of hydrogen-bond acceptors (Lipinski definition) is 4. The number of thioether (sulfide) groups is 1. The van der Waals surface area contributed by atoms with Crippen LogP contribution in [0.25, 0.3) is 0 Å². The molecular weight excluding hydrogens is 210 g/mol. The maximum Gasteiger partial charge on any atom is 0.140 e. The summed E-state index contributed by atoms with van der Waals surface area (Å²) in [6.07, 6.45) is 3.24. The van der Waals surface area contributed by atoms with Crippen LogP contribution in [0, 0.1) is 5.92 Å². The normalized spacial score (nSPS) is 21.5. The summed E-state index contributed by atoms with van der Waals surface area (Å²) >= 11 is 2.05. The standard InChI is InChI=1S/C10H21N3OS/c1-8(6-10(11)13-14)12-7-9-2-4-15-5-3-9/h8-9,12,14H,2-7H2,1H3,(H2,11,13). The van der Waals surface area contributed by atoms with Gasteiger partial charge in [-0.25, -0.2) is 0 Å². The number of nitrogens with zero attached hydrogens (tertiary/aromatic N) is 1. The number of oxime groups is 1. The van der Waals surface area contributed by atoms with Crippen molar-refractivity contribution in [1.29, 1.82) is 0 Å². The Balaban J connectivity index is 2.12. The lowest BCUT2D eigenvalue weighted by Crippen LogP contribution is -2.35. The molecule has 5 heteroatoms. The summed E-state index contributed by atoms with van der Waals surface area (Å²) in [5.74, 6) is 3.69. The van der Waals surface area contributed by atoms with Crippen LogP contribution in [0.3, 0.4) is 0 Å². The van der Waals surface area contributed by atoms with Crippen LogP contribution in [0.1, 0.15) is 26.2 Å². The maximum absolute atomic E-state index is 8.43. The van der Waals surface area contributed by atoms with Crippen LogP contribution in [0.5, 0.6) is 0 Å². The lowest BCUT2D eigenvalue weighted by Gasteiger charge is -2.23. The summed E-state index contributed by atoms with van der Waals surface area (Å²) in [5.41, 5.74) is 5.44. The first-order valence-electron chi connectivity index (χ1n) is 5.50. The van der Waals surface area contributed by atoms with Crippen molar-refractivity contribution < 1.29 is 5.21 Å². The molecule has 1 aliphatic rings. The summed E-state index contributed by atoms with van der Waals surface area (Å²) in [5, 5.41) is 14.8. The van der Waals surface area contributed by atoms with Gasteiger partial charge in [-0.15, -0.1) is 0 Å². The molecule has 1 aliphatic heterocycles.